The summed E-state index contributed by atoms with van der Waals surface area (Å²) in [5.74, 6) is 0. The molecule has 0 spiro atoms. The van der Waals surface area contributed by atoms with Crippen LogP contribution in [0.5, 0.6) is 0 Å². The summed E-state index contributed by atoms with van der Waals surface area (Å²) in [6.45, 7) is 15.2. The quantitative estimate of drug-likeness (QED) is 0.237. The van der Waals surface area contributed by atoms with Crippen LogP contribution in [0, 0.1) is 0 Å². The van der Waals surface area contributed by atoms with E-state index in [-0.39, 0.29) is 127 Å². The number of hydrogen-bond acceptors (Lipinski definition) is 24. The molecule has 7 heterocycles. The molecule has 0 aromatic carbocycles. The van der Waals surface area contributed by atoms with E-state index in [4.69, 9.17) is 0 Å². The van der Waals surface area contributed by atoms with Crippen molar-refractivity contribution in [2.75, 3.05) is 169 Å². The van der Waals surface area contributed by atoms with E-state index >= 15 is 0 Å². The standard InChI is InChI=1S/C30H90B18N24/c1-31-51(11)32(2)55(15)39(54(31)14)64(24)41-66(26)42-65(25)40-61(21)38(50(9)10)63(23)47(67(40)27)72(44-58(18)35(5)53(13)37(49(7)8)62(44)22)46-60(20)36(6)59(19)45(70(46)30)71(48(68(41)28)69(42)29)43-56(16)33(3)52(12)34(4)57(43)17/h1-30H3. The SMILES string of the molecule is CB1N(C)B(C)N(C)B(N(C)B2N(C)B3N(C)B4N(C)B(N(C)C)N(C)B(N4C)N(B4N(C)B(C)N(C)B(N(C)C)N4C)B4N(C)B(C)N(C)B(N4C)N(B4N(C)B(C)N(C)B(C)N4C)B(N2C)N3C)N1C. The van der Waals surface area contributed by atoms with Crippen LogP contribution in [-0.4, -0.2) is 410 Å². The Morgan fingerprint density at radius 1 is 0.194 bits per heavy atom. The zero-order valence-electron chi connectivity index (χ0n) is 51.1. The highest BCUT2D eigenvalue weighted by atomic mass is 15.6. The zero-order chi connectivity index (χ0) is 54.2. The van der Waals surface area contributed by atoms with Crippen LogP contribution >= 0.6 is 0 Å². The molecular formula is C30H90B18N24. The summed E-state index contributed by atoms with van der Waals surface area (Å²) >= 11 is 0. The van der Waals surface area contributed by atoms with E-state index < -0.39 is 0 Å². The number of fused-ring (bicyclic) bond motifs is 6. The Balaban J connectivity index is 1.57. The van der Waals surface area contributed by atoms with Gasteiger partial charge in [0.15, 0.2) is 0 Å². The Bertz CT molecular complexity index is 1830. The summed E-state index contributed by atoms with van der Waals surface area (Å²) in [6.07, 6.45) is 0. The molecule has 24 nitrogen and oxygen atoms in total. The zero-order valence-corrected chi connectivity index (χ0v) is 51.1. The molecule has 72 heavy (non-hydrogen) atoms. The molecule has 7 saturated heterocycles. The lowest BCUT2D eigenvalue weighted by Crippen LogP contribution is -2.98. The molecule has 0 atom stereocenters. The third kappa shape index (κ3) is 9.10. The molecule has 0 saturated carbocycles. The van der Waals surface area contributed by atoms with Crippen molar-refractivity contribution in [2.45, 2.75) is 40.9 Å². The fourth-order valence-electron chi connectivity index (χ4n) is 15.5. The van der Waals surface area contributed by atoms with E-state index in [2.05, 4.69) is 323 Å². The first-order valence-corrected chi connectivity index (χ1v) is 26.6. The summed E-state index contributed by atoms with van der Waals surface area (Å²) in [4.78, 5) is 4.77. The third-order valence-corrected chi connectivity index (χ3v) is 19.8. The second-order valence-corrected chi connectivity index (χ2v) is 24.1. The Kier molecular flexibility index (Phi) is 18.3. The molecule has 7 aliphatic heterocycles. The van der Waals surface area contributed by atoms with Crippen molar-refractivity contribution in [3.63, 3.8) is 0 Å². The third-order valence-electron chi connectivity index (χ3n) is 19.8. The molecule has 7 rings (SSSR count). The van der Waals surface area contributed by atoms with Crippen molar-refractivity contribution >= 4 is 127 Å². The molecule has 384 valence electrons. The van der Waals surface area contributed by atoms with Gasteiger partial charge in [-0.2, -0.15) is 0 Å². The fraction of sp³-hybridized carbons (Fsp3) is 1.00. The van der Waals surface area contributed by atoms with Gasteiger partial charge in [0.05, 0.1) is 0 Å². The van der Waals surface area contributed by atoms with Crippen LogP contribution in [0.3, 0.4) is 0 Å². The van der Waals surface area contributed by atoms with Gasteiger partial charge in [0.2, 0.25) is 0 Å². The highest BCUT2D eigenvalue weighted by Crippen LogP contribution is 2.36. The van der Waals surface area contributed by atoms with Gasteiger partial charge in [-0.25, -0.2) is 0 Å². The van der Waals surface area contributed by atoms with E-state index in [0.29, 0.717) is 0 Å². The van der Waals surface area contributed by atoms with E-state index in [9.17, 15) is 0 Å². The molecule has 42 heteroatoms. The molecule has 0 aromatic heterocycles. The minimum atomic E-state index is -0.219. The summed E-state index contributed by atoms with van der Waals surface area (Å²) in [7, 11) is 54.2. The van der Waals surface area contributed by atoms with Gasteiger partial charge in [0, 0.05) is 0 Å². The van der Waals surface area contributed by atoms with Crippen LogP contribution in [0.25, 0.3) is 0 Å². The first kappa shape index (κ1) is 59.9. The topological polar surface area (TPSA) is 77.8 Å². The predicted octanol–water partition coefficient (Wildman–Crippen LogP) is -7.03. The van der Waals surface area contributed by atoms with E-state index in [1.165, 1.54) is 0 Å². The van der Waals surface area contributed by atoms with E-state index in [1.807, 2.05) is 0 Å². The van der Waals surface area contributed by atoms with Crippen molar-refractivity contribution in [1.29, 1.82) is 0 Å². The Labute approximate surface area is 448 Å². The second-order valence-electron chi connectivity index (χ2n) is 24.1. The van der Waals surface area contributed by atoms with Crippen molar-refractivity contribution in [3.8, 4) is 0 Å². The molecule has 0 amide bonds. The highest BCUT2D eigenvalue weighted by Gasteiger charge is 2.70. The Hall–Kier alpha value is 0.209. The molecule has 7 fully saturated rings. The van der Waals surface area contributed by atoms with Gasteiger partial charge in [0.1, 0.15) is 0 Å². The van der Waals surface area contributed by atoms with Crippen LogP contribution in [0.2, 0.25) is 40.9 Å². The average Bonchev–Trinajstić information content (AvgIpc) is 3.29. The number of nitrogens with zero attached hydrogens (tertiary/aromatic N) is 24. The van der Waals surface area contributed by atoms with Gasteiger partial charge >= 0.3 is 85.4 Å². The molecule has 0 unspecified atom stereocenters. The number of hydrogen-bond donors (Lipinski definition) is 0. The lowest BCUT2D eigenvalue weighted by atomic mass is 9.36. The maximum absolute atomic E-state index is 2.88. The maximum Gasteiger partial charge on any atom is 0.384 e. The Morgan fingerprint density at radius 3 is 0.736 bits per heavy atom. The van der Waals surface area contributed by atoms with Gasteiger partial charge in [-0.15, -0.1) is 0 Å². The molecule has 7 aliphatic rings. The molecule has 6 bridgehead atoms. The van der Waals surface area contributed by atoms with Gasteiger partial charge in [0.25, 0.3) is 41.9 Å². The highest BCUT2D eigenvalue weighted by molar-refractivity contribution is 7.04. The summed E-state index contributed by atoms with van der Waals surface area (Å²) in [5, 5.41) is 0. The first-order valence-electron chi connectivity index (χ1n) is 26.6. The molecule has 0 aromatic rings. The van der Waals surface area contributed by atoms with E-state index in [1.54, 1.807) is 0 Å². The first-order chi connectivity index (χ1) is 33.3. The molecule has 0 radical (unpaired) electrons. The lowest BCUT2D eigenvalue weighted by Gasteiger charge is -2.67. The minimum Gasteiger partial charge on any atom is -0.360 e. The smallest absolute Gasteiger partial charge is 0.360 e. The Morgan fingerprint density at radius 2 is 0.375 bits per heavy atom. The van der Waals surface area contributed by atoms with Crippen molar-refractivity contribution in [1.82, 2.24) is 113 Å². The lowest BCUT2D eigenvalue weighted by molar-refractivity contribution is 0.353. The van der Waals surface area contributed by atoms with Crippen LogP contribution in [-0.2, 0) is 0 Å². The van der Waals surface area contributed by atoms with Crippen LogP contribution in [0.1, 0.15) is 0 Å². The fourth-order valence-corrected chi connectivity index (χ4v) is 15.5. The number of rotatable bonds is 6. The summed E-state index contributed by atoms with van der Waals surface area (Å²) in [5.41, 5.74) is 0. The van der Waals surface area contributed by atoms with Gasteiger partial charge in [-0.1, -0.05) is 40.9 Å². The minimum absolute atomic E-state index is 0.0110. The second kappa shape index (κ2) is 22.0. The molecular weight excluding hydrogens is 891 g/mol. The van der Waals surface area contributed by atoms with Gasteiger partial charge < -0.3 is 113 Å². The van der Waals surface area contributed by atoms with Crippen LogP contribution < -0.4 is 0 Å². The van der Waals surface area contributed by atoms with Gasteiger partial charge in [-0.3, -0.25) is 0 Å². The summed E-state index contributed by atoms with van der Waals surface area (Å²) in [6, 6.07) is 0. The molecule has 0 N–H and O–H groups in total. The summed E-state index contributed by atoms with van der Waals surface area (Å²) < 4.78 is 57.8. The van der Waals surface area contributed by atoms with Crippen molar-refractivity contribution < 1.29 is 0 Å². The van der Waals surface area contributed by atoms with Crippen molar-refractivity contribution in [2.24, 2.45) is 0 Å². The van der Waals surface area contributed by atoms with Gasteiger partial charge in [-0.05, 0) is 169 Å². The monoisotopic (exact) mass is 985 g/mol. The largest absolute Gasteiger partial charge is 0.384 e. The normalized spacial score (nSPS) is 27.1. The average molecular weight is 982 g/mol. The van der Waals surface area contributed by atoms with Crippen LogP contribution in [0.4, 0.5) is 0 Å². The predicted molar refractivity (Wildman–Crippen MR) is 325 cm³/mol. The van der Waals surface area contributed by atoms with Crippen LogP contribution in [0.15, 0.2) is 0 Å². The van der Waals surface area contributed by atoms with E-state index in [0.717, 1.165) is 0 Å². The molecule has 0 aliphatic carbocycles. The van der Waals surface area contributed by atoms with Crippen molar-refractivity contribution in [3.05, 3.63) is 0 Å². The maximum atomic E-state index is 2.88.